The van der Waals surface area contributed by atoms with Gasteiger partial charge in [0.25, 0.3) is 5.91 Å². The second-order valence-electron chi connectivity index (χ2n) is 5.28. The number of piperidine rings is 1. The van der Waals surface area contributed by atoms with Gasteiger partial charge in [-0.05, 0) is 59.5 Å². The molecule has 1 aliphatic rings. The maximum absolute atomic E-state index is 12.6. The number of benzene rings is 1. The molecule has 21 heavy (non-hydrogen) atoms. The minimum absolute atomic E-state index is 0.254. The van der Waals surface area contributed by atoms with Crippen LogP contribution in [0.15, 0.2) is 18.2 Å². The molecule has 1 saturated heterocycles. The van der Waals surface area contributed by atoms with Crippen LogP contribution in [0.5, 0.6) is 0 Å². The molecule has 2 atom stereocenters. The van der Waals surface area contributed by atoms with Crippen LogP contribution in [-0.4, -0.2) is 34.5 Å². The third kappa shape index (κ3) is 3.69. The van der Waals surface area contributed by atoms with Gasteiger partial charge in [-0.3, -0.25) is 4.79 Å². The Morgan fingerprint density at radius 2 is 2.19 bits per heavy atom. The fourth-order valence-corrected chi connectivity index (χ4v) is 3.20. The van der Waals surface area contributed by atoms with Crippen molar-refractivity contribution in [3.8, 4) is 0 Å². The second-order valence-corrected chi connectivity index (χ2v) is 6.85. The number of amides is 1. The van der Waals surface area contributed by atoms with E-state index >= 15 is 0 Å². The molecule has 2 unspecified atom stereocenters. The zero-order valence-corrected chi connectivity index (χ0v) is 14.6. The monoisotopic (exact) mass is 421 g/mol. The van der Waals surface area contributed by atoms with Crippen LogP contribution >= 0.6 is 34.2 Å². The number of carbonyl (C=O) groups excluding carboxylic acids is 1. The molecule has 1 amide bonds. The van der Waals surface area contributed by atoms with Crippen molar-refractivity contribution < 1.29 is 14.7 Å². The molecule has 0 saturated carbocycles. The van der Waals surface area contributed by atoms with E-state index in [4.69, 9.17) is 11.6 Å². The van der Waals surface area contributed by atoms with Gasteiger partial charge in [-0.2, -0.15) is 0 Å². The number of carboxylic acid groups (broad SMARTS) is 1. The molecule has 0 spiro atoms. The van der Waals surface area contributed by atoms with Gasteiger partial charge < -0.3 is 10.0 Å². The number of hydrogen-bond donors (Lipinski definition) is 1. The summed E-state index contributed by atoms with van der Waals surface area (Å²) in [6.07, 6.45) is 2.32. The third-order valence-electron chi connectivity index (χ3n) is 4.00. The van der Waals surface area contributed by atoms with Crippen LogP contribution in [0.4, 0.5) is 0 Å². The van der Waals surface area contributed by atoms with Crippen LogP contribution in [0.25, 0.3) is 0 Å². The van der Waals surface area contributed by atoms with Crippen molar-refractivity contribution in [3.05, 3.63) is 32.4 Å². The Bertz CT molecular complexity index is 564. The first kappa shape index (κ1) is 16.5. The molecule has 4 nitrogen and oxygen atoms in total. The molecule has 0 aliphatic carbocycles. The van der Waals surface area contributed by atoms with Gasteiger partial charge in [0, 0.05) is 15.7 Å². The first-order valence-corrected chi connectivity index (χ1v) is 8.38. The highest BCUT2D eigenvalue weighted by molar-refractivity contribution is 14.1. The van der Waals surface area contributed by atoms with Gasteiger partial charge in [-0.25, -0.2) is 4.79 Å². The Hall–Kier alpha value is -0.820. The lowest BCUT2D eigenvalue weighted by molar-refractivity contribution is -0.144. The van der Waals surface area contributed by atoms with E-state index in [2.05, 4.69) is 29.5 Å². The number of rotatable bonds is 3. The molecule has 0 bridgehead atoms. The Kier molecular flexibility index (Phi) is 5.48. The summed E-state index contributed by atoms with van der Waals surface area (Å²) < 4.78 is 0.866. The van der Waals surface area contributed by atoms with E-state index in [-0.39, 0.29) is 5.91 Å². The summed E-state index contributed by atoms with van der Waals surface area (Å²) in [5, 5.41) is 9.91. The van der Waals surface area contributed by atoms with Crippen LogP contribution in [0.3, 0.4) is 0 Å². The van der Waals surface area contributed by atoms with E-state index in [1.807, 2.05) is 0 Å². The van der Waals surface area contributed by atoms with Crippen LogP contribution in [0, 0.1) is 9.49 Å². The molecular weight excluding hydrogens is 405 g/mol. The zero-order valence-electron chi connectivity index (χ0n) is 11.7. The average molecular weight is 422 g/mol. The average Bonchev–Trinajstić information content (AvgIpc) is 2.48. The summed E-state index contributed by atoms with van der Waals surface area (Å²) in [6, 6.07) is 4.33. The summed E-state index contributed by atoms with van der Waals surface area (Å²) in [4.78, 5) is 25.5. The summed E-state index contributed by atoms with van der Waals surface area (Å²) >= 11 is 8.14. The lowest BCUT2D eigenvalue weighted by Crippen LogP contribution is -2.50. The highest BCUT2D eigenvalue weighted by atomic mass is 127. The van der Waals surface area contributed by atoms with Crippen molar-refractivity contribution in [1.29, 1.82) is 0 Å². The molecule has 114 valence electrons. The molecular formula is C15H17ClINO3. The zero-order chi connectivity index (χ0) is 15.6. The van der Waals surface area contributed by atoms with E-state index in [9.17, 15) is 14.7 Å². The number of aliphatic carboxylic acids is 1. The Balaban J connectivity index is 2.24. The van der Waals surface area contributed by atoms with Gasteiger partial charge in [0.2, 0.25) is 0 Å². The number of halogens is 2. The lowest BCUT2D eigenvalue weighted by atomic mass is 9.88. The SMILES string of the molecule is CCC1CCN(C(=O)c2ccc(I)c(Cl)c2)C(C(=O)O)C1. The standard InChI is InChI=1S/C15H17ClINO3/c1-2-9-5-6-18(13(7-9)15(20)21)14(19)10-3-4-12(17)11(16)8-10/h3-4,8-9,13H,2,5-7H2,1H3,(H,20,21). The van der Waals surface area contributed by atoms with Gasteiger partial charge in [-0.15, -0.1) is 0 Å². The van der Waals surface area contributed by atoms with Crippen molar-refractivity contribution in [1.82, 2.24) is 4.90 Å². The number of likely N-dealkylation sites (tertiary alicyclic amines) is 1. The molecule has 0 radical (unpaired) electrons. The predicted octanol–water partition coefficient (Wildman–Crippen LogP) is 3.66. The quantitative estimate of drug-likeness (QED) is 0.758. The highest BCUT2D eigenvalue weighted by Gasteiger charge is 2.36. The molecule has 1 heterocycles. The summed E-state index contributed by atoms with van der Waals surface area (Å²) in [5.41, 5.74) is 0.446. The normalized spacial score (nSPS) is 22.1. The van der Waals surface area contributed by atoms with E-state index in [1.165, 1.54) is 4.90 Å². The number of carbonyl (C=O) groups is 2. The minimum Gasteiger partial charge on any atom is -0.480 e. The van der Waals surface area contributed by atoms with Crippen LogP contribution in [0.1, 0.15) is 36.5 Å². The molecule has 1 aromatic rings. The largest absolute Gasteiger partial charge is 0.480 e. The van der Waals surface area contributed by atoms with Crippen LogP contribution in [-0.2, 0) is 4.79 Å². The molecule has 1 fully saturated rings. The molecule has 0 aromatic heterocycles. The fourth-order valence-electron chi connectivity index (χ4n) is 2.68. The molecule has 1 N–H and O–H groups in total. The Morgan fingerprint density at radius 1 is 1.48 bits per heavy atom. The number of carboxylic acids is 1. The van der Waals surface area contributed by atoms with Crippen molar-refractivity contribution in [2.45, 2.75) is 32.2 Å². The van der Waals surface area contributed by atoms with Crippen LogP contribution in [0.2, 0.25) is 5.02 Å². The highest BCUT2D eigenvalue weighted by Crippen LogP contribution is 2.28. The smallest absolute Gasteiger partial charge is 0.326 e. The predicted molar refractivity (Wildman–Crippen MR) is 89.6 cm³/mol. The molecule has 1 aromatic carbocycles. The first-order valence-electron chi connectivity index (χ1n) is 6.92. The van der Waals surface area contributed by atoms with Gasteiger partial charge in [0.1, 0.15) is 6.04 Å². The van der Waals surface area contributed by atoms with E-state index in [0.29, 0.717) is 29.5 Å². The molecule has 2 rings (SSSR count). The second kappa shape index (κ2) is 6.96. The van der Waals surface area contributed by atoms with Gasteiger partial charge in [0.15, 0.2) is 0 Å². The Morgan fingerprint density at radius 3 is 2.76 bits per heavy atom. The summed E-state index contributed by atoms with van der Waals surface area (Å²) in [6.45, 7) is 2.54. The van der Waals surface area contributed by atoms with E-state index in [1.54, 1.807) is 18.2 Å². The lowest BCUT2D eigenvalue weighted by Gasteiger charge is -2.37. The van der Waals surface area contributed by atoms with E-state index in [0.717, 1.165) is 16.4 Å². The van der Waals surface area contributed by atoms with Crippen molar-refractivity contribution >= 4 is 46.1 Å². The van der Waals surface area contributed by atoms with Gasteiger partial charge >= 0.3 is 5.97 Å². The summed E-state index contributed by atoms with van der Waals surface area (Å²) in [5.74, 6) is -0.816. The molecule has 6 heteroatoms. The maximum atomic E-state index is 12.6. The van der Waals surface area contributed by atoms with Crippen LogP contribution < -0.4 is 0 Å². The third-order valence-corrected chi connectivity index (χ3v) is 5.57. The topological polar surface area (TPSA) is 57.6 Å². The maximum Gasteiger partial charge on any atom is 0.326 e. The van der Waals surface area contributed by atoms with Gasteiger partial charge in [-0.1, -0.05) is 24.9 Å². The van der Waals surface area contributed by atoms with Gasteiger partial charge in [0.05, 0.1) is 5.02 Å². The summed E-state index contributed by atoms with van der Waals surface area (Å²) in [7, 11) is 0. The van der Waals surface area contributed by atoms with Crippen molar-refractivity contribution in [2.75, 3.05) is 6.54 Å². The molecule has 1 aliphatic heterocycles. The number of nitrogens with zero attached hydrogens (tertiary/aromatic N) is 1. The first-order chi connectivity index (χ1) is 9.93. The minimum atomic E-state index is -0.932. The number of hydrogen-bond acceptors (Lipinski definition) is 2. The van der Waals surface area contributed by atoms with E-state index < -0.39 is 12.0 Å². The van der Waals surface area contributed by atoms with Crippen molar-refractivity contribution in [3.63, 3.8) is 0 Å². The fraction of sp³-hybridized carbons (Fsp3) is 0.467. The van der Waals surface area contributed by atoms with Crippen molar-refractivity contribution in [2.24, 2.45) is 5.92 Å². The Labute approximate surface area is 142 Å².